The van der Waals surface area contributed by atoms with Crippen LogP contribution in [-0.2, 0) is 19.1 Å². The number of imide groups is 1. The fourth-order valence-electron chi connectivity index (χ4n) is 1.17. The summed E-state index contributed by atoms with van der Waals surface area (Å²) in [6, 6.07) is 0. The van der Waals surface area contributed by atoms with Gasteiger partial charge < -0.3 is 14.8 Å². The number of carbonyl (C=O) groups is 3. The number of ether oxygens (including phenoxy) is 2. The Morgan fingerprint density at radius 3 is 2.47 bits per heavy atom. The van der Waals surface area contributed by atoms with Crippen LogP contribution in [0.5, 0.6) is 0 Å². The standard InChI is InChI=1S/C10H14N2O5/c1-11-10(15)17-7-6-16-5-4-12-8(13)2-3-9(12)14/h2-3H,4-7H2,1H3,(H,11,15). The van der Waals surface area contributed by atoms with E-state index in [1.807, 2.05) is 0 Å². The second-order valence-corrected chi connectivity index (χ2v) is 3.16. The van der Waals surface area contributed by atoms with Gasteiger partial charge in [0.15, 0.2) is 0 Å². The van der Waals surface area contributed by atoms with E-state index in [0.29, 0.717) is 0 Å². The molecule has 7 nitrogen and oxygen atoms in total. The van der Waals surface area contributed by atoms with Crippen LogP contribution in [0.25, 0.3) is 0 Å². The molecule has 0 aromatic carbocycles. The third kappa shape index (κ3) is 4.23. The maximum atomic E-state index is 11.1. The number of carbonyl (C=O) groups excluding carboxylic acids is 3. The van der Waals surface area contributed by atoms with E-state index in [2.05, 4.69) is 10.1 Å². The van der Waals surface area contributed by atoms with Gasteiger partial charge in [-0.1, -0.05) is 0 Å². The van der Waals surface area contributed by atoms with Crippen molar-refractivity contribution in [3.05, 3.63) is 12.2 Å². The molecule has 1 heterocycles. The lowest BCUT2D eigenvalue weighted by Crippen LogP contribution is -2.33. The average Bonchev–Trinajstić information content (AvgIpc) is 2.64. The number of hydrogen-bond acceptors (Lipinski definition) is 5. The van der Waals surface area contributed by atoms with Gasteiger partial charge in [0, 0.05) is 19.2 Å². The zero-order valence-corrected chi connectivity index (χ0v) is 9.47. The largest absolute Gasteiger partial charge is 0.447 e. The van der Waals surface area contributed by atoms with Crippen LogP contribution >= 0.6 is 0 Å². The van der Waals surface area contributed by atoms with Crippen molar-refractivity contribution >= 4 is 17.9 Å². The van der Waals surface area contributed by atoms with Crippen molar-refractivity contribution in [1.29, 1.82) is 0 Å². The maximum Gasteiger partial charge on any atom is 0.406 e. The number of amides is 3. The van der Waals surface area contributed by atoms with Gasteiger partial charge in [0.25, 0.3) is 11.8 Å². The highest BCUT2D eigenvalue weighted by molar-refractivity contribution is 6.12. The molecule has 3 amide bonds. The zero-order valence-electron chi connectivity index (χ0n) is 9.47. The summed E-state index contributed by atoms with van der Waals surface area (Å²) in [5.41, 5.74) is 0. The van der Waals surface area contributed by atoms with E-state index >= 15 is 0 Å². The lowest BCUT2D eigenvalue weighted by atomic mass is 10.5. The highest BCUT2D eigenvalue weighted by Crippen LogP contribution is 2.02. The molecule has 0 spiro atoms. The minimum absolute atomic E-state index is 0.125. The first-order valence-corrected chi connectivity index (χ1v) is 5.11. The first-order valence-electron chi connectivity index (χ1n) is 5.11. The Bertz CT molecular complexity index is 322. The van der Waals surface area contributed by atoms with Gasteiger partial charge in [-0.05, 0) is 0 Å². The average molecular weight is 242 g/mol. The molecule has 0 fully saturated rings. The molecule has 0 radical (unpaired) electrons. The summed E-state index contributed by atoms with van der Waals surface area (Å²) < 4.78 is 9.78. The van der Waals surface area contributed by atoms with Crippen molar-refractivity contribution in [1.82, 2.24) is 10.2 Å². The smallest absolute Gasteiger partial charge is 0.406 e. The van der Waals surface area contributed by atoms with Crippen LogP contribution in [0, 0.1) is 0 Å². The Hall–Kier alpha value is -1.89. The first kappa shape index (κ1) is 13.2. The monoisotopic (exact) mass is 242 g/mol. The van der Waals surface area contributed by atoms with Crippen LogP contribution in [-0.4, -0.2) is 56.2 Å². The molecule has 94 valence electrons. The molecule has 1 aliphatic heterocycles. The molecule has 0 saturated carbocycles. The molecule has 0 atom stereocenters. The third-order valence-electron chi connectivity index (χ3n) is 2.02. The lowest BCUT2D eigenvalue weighted by Gasteiger charge is -2.13. The minimum atomic E-state index is -0.525. The maximum absolute atomic E-state index is 11.1. The van der Waals surface area contributed by atoms with Gasteiger partial charge in [-0.25, -0.2) is 4.79 Å². The number of nitrogens with one attached hydrogen (secondary N) is 1. The Morgan fingerprint density at radius 1 is 1.24 bits per heavy atom. The first-order chi connectivity index (χ1) is 8.15. The predicted molar refractivity (Wildman–Crippen MR) is 57.1 cm³/mol. The Morgan fingerprint density at radius 2 is 1.88 bits per heavy atom. The van der Waals surface area contributed by atoms with Crippen LogP contribution in [0.3, 0.4) is 0 Å². The molecule has 0 bridgehead atoms. The Balaban J connectivity index is 2.03. The van der Waals surface area contributed by atoms with E-state index in [9.17, 15) is 14.4 Å². The quantitative estimate of drug-likeness (QED) is 0.491. The molecule has 1 N–H and O–H groups in total. The molecule has 0 aromatic rings. The molecule has 0 saturated heterocycles. The summed E-state index contributed by atoms with van der Waals surface area (Å²) in [4.78, 5) is 34.0. The summed E-state index contributed by atoms with van der Waals surface area (Å²) in [6.07, 6.45) is 1.91. The fourth-order valence-corrected chi connectivity index (χ4v) is 1.17. The van der Waals surface area contributed by atoms with Gasteiger partial charge in [-0.15, -0.1) is 0 Å². The van der Waals surface area contributed by atoms with E-state index in [1.165, 1.54) is 19.2 Å². The Kier molecular flexibility index (Phi) is 5.15. The van der Waals surface area contributed by atoms with E-state index in [-0.39, 0.29) is 38.2 Å². The van der Waals surface area contributed by atoms with E-state index in [0.717, 1.165) is 4.90 Å². The molecular weight excluding hydrogens is 228 g/mol. The SMILES string of the molecule is CNC(=O)OCCOCCN1C(=O)C=CC1=O. The van der Waals surface area contributed by atoms with Gasteiger partial charge >= 0.3 is 6.09 Å². The van der Waals surface area contributed by atoms with Crippen LogP contribution in [0.2, 0.25) is 0 Å². The molecule has 0 aliphatic carbocycles. The van der Waals surface area contributed by atoms with Crippen molar-refractivity contribution in [3.63, 3.8) is 0 Å². The van der Waals surface area contributed by atoms with Gasteiger partial charge in [-0.2, -0.15) is 0 Å². The normalized spacial score (nSPS) is 14.3. The zero-order chi connectivity index (χ0) is 12.7. The van der Waals surface area contributed by atoms with E-state index < -0.39 is 6.09 Å². The Labute approximate surface area is 98.3 Å². The summed E-state index contributed by atoms with van der Waals surface area (Å²) in [5, 5.41) is 2.29. The number of rotatable bonds is 6. The van der Waals surface area contributed by atoms with Gasteiger partial charge in [0.2, 0.25) is 0 Å². The van der Waals surface area contributed by atoms with Crippen molar-refractivity contribution in [2.75, 3.05) is 33.4 Å². The van der Waals surface area contributed by atoms with Crippen molar-refractivity contribution < 1.29 is 23.9 Å². The molecule has 1 rings (SSSR count). The second-order valence-electron chi connectivity index (χ2n) is 3.16. The van der Waals surface area contributed by atoms with Crippen molar-refractivity contribution in [2.45, 2.75) is 0 Å². The summed E-state index contributed by atoms with van der Waals surface area (Å²) >= 11 is 0. The van der Waals surface area contributed by atoms with Gasteiger partial charge in [-0.3, -0.25) is 14.5 Å². The van der Waals surface area contributed by atoms with Crippen molar-refractivity contribution in [2.24, 2.45) is 0 Å². The topological polar surface area (TPSA) is 84.9 Å². The minimum Gasteiger partial charge on any atom is -0.447 e. The number of alkyl carbamates (subject to hydrolysis) is 1. The van der Waals surface area contributed by atoms with Crippen LogP contribution in [0.1, 0.15) is 0 Å². The molecule has 0 aromatic heterocycles. The van der Waals surface area contributed by atoms with Gasteiger partial charge in [0.1, 0.15) is 6.61 Å². The van der Waals surface area contributed by atoms with Crippen molar-refractivity contribution in [3.8, 4) is 0 Å². The number of nitrogens with zero attached hydrogens (tertiary/aromatic N) is 1. The summed E-state index contributed by atoms with van der Waals surface area (Å²) in [7, 11) is 1.46. The van der Waals surface area contributed by atoms with E-state index in [4.69, 9.17) is 4.74 Å². The highest BCUT2D eigenvalue weighted by atomic mass is 16.6. The molecular formula is C10H14N2O5. The molecule has 0 unspecified atom stereocenters. The fraction of sp³-hybridized carbons (Fsp3) is 0.500. The van der Waals surface area contributed by atoms with Crippen LogP contribution < -0.4 is 5.32 Å². The lowest BCUT2D eigenvalue weighted by molar-refractivity contribution is -0.137. The summed E-state index contributed by atoms with van der Waals surface area (Å²) in [5.74, 6) is -0.666. The summed E-state index contributed by atoms with van der Waals surface area (Å²) in [6.45, 7) is 0.762. The van der Waals surface area contributed by atoms with E-state index in [1.54, 1.807) is 0 Å². The van der Waals surface area contributed by atoms with Crippen LogP contribution in [0.15, 0.2) is 12.2 Å². The van der Waals surface area contributed by atoms with Crippen LogP contribution in [0.4, 0.5) is 4.79 Å². The second kappa shape index (κ2) is 6.64. The predicted octanol–water partition coefficient (Wildman–Crippen LogP) is -0.716. The molecule has 7 heteroatoms. The molecule has 1 aliphatic rings. The highest BCUT2D eigenvalue weighted by Gasteiger charge is 2.22. The number of hydrogen-bond donors (Lipinski definition) is 1. The molecule has 17 heavy (non-hydrogen) atoms. The van der Waals surface area contributed by atoms with Gasteiger partial charge in [0.05, 0.1) is 19.8 Å². The third-order valence-corrected chi connectivity index (χ3v) is 2.02.